The van der Waals surface area contributed by atoms with Crippen molar-refractivity contribution in [3.63, 3.8) is 0 Å². The number of rotatable bonds is 5. The highest BCUT2D eigenvalue weighted by Gasteiger charge is 2.39. The second kappa shape index (κ2) is 9.98. The molecule has 3 atom stereocenters. The van der Waals surface area contributed by atoms with Crippen molar-refractivity contribution in [3.8, 4) is 0 Å². The van der Waals surface area contributed by atoms with Gasteiger partial charge in [-0.25, -0.2) is 14.6 Å². The Bertz CT molecular complexity index is 1280. The van der Waals surface area contributed by atoms with E-state index in [0.717, 1.165) is 31.7 Å². The van der Waals surface area contributed by atoms with Gasteiger partial charge in [0, 0.05) is 49.9 Å². The van der Waals surface area contributed by atoms with Crippen molar-refractivity contribution in [1.29, 1.82) is 0 Å². The summed E-state index contributed by atoms with van der Waals surface area (Å²) < 4.78 is 1.29. The average molecular weight is 490 g/mol. The fourth-order valence-electron chi connectivity index (χ4n) is 5.45. The summed E-state index contributed by atoms with van der Waals surface area (Å²) in [5.74, 6) is 1.16. The predicted octanol–water partition coefficient (Wildman–Crippen LogP) is 2.77. The largest absolute Gasteiger partial charge is 0.356 e. The summed E-state index contributed by atoms with van der Waals surface area (Å²) in [6, 6.07) is 11.1. The highest BCUT2D eigenvalue weighted by molar-refractivity contribution is 6.05. The zero-order valence-corrected chi connectivity index (χ0v) is 20.0. The molecule has 0 spiro atoms. The molecule has 2 fully saturated rings. The summed E-state index contributed by atoms with van der Waals surface area (Å²) in [6.45, 7) is 1.98. The lowest BCUT2D eigenvalue weighted by atomic mass is 9.90. The normalized spacial score (nSPS) is 22.1. The molecule has 36 heavy (non-hydrogen) atoms. The van der Waals surface area contributed by atoms with E-state index in [1.807, 2.05) is 24.3 Å². The summed E-state index contributed by atoms with van der Waals surface area (Å²) >= 11 is 0. The number of carbonyl (C=O) groups is 3. The van der Waals surface area contributed by atoms with Crippen LogP contribution in [0.2, 0.25) is 0 Å². The molecule has 0 saturated carbocycles. The van der Waals surface area contributed by atoms with Gasteiger partial charge in [0.1, 0.15) is 5.82 Å². The number of hydrogen-bond donors (Lipinski definition) is 3. The molecule has 5 rings (SSSR count). The fraction of sp³-hybridized carbons (Fsp3) is 0.385. The molecule has 4 heterocycles. The molecule has 10 nitrogen and oxygen atoms in total. The molecule has 2 aromatic heterocycles. The topological polar surface area (TPSA) is 140 Å². The number of pyridine rings is 1. The van der Waals surface area contributed by atoms with Crippen molar-refractivity contribution in [1.82, 2.24) is 14.5 Å². The van der Waals surface area contributed by atoms with Crippen LogP contribution in [0.4, 0.5) is 21.1 Å². The summed E-state index contributed by atoms with van der Waals surface area (Å²) in [6.07, 6.45) is 6.07. The summed E-state index contributed by atoms with van der Waals surface area (Å²) in [7, 11) is 0. The number of nitrogens with two attached hydrogens (primary N) is 2. The number of benzene rings is 1. The molecule has 2 saturated heterocycles. The average Bonchev–Trinajstić information content (AvgIpc) is 3.46. The van der Waals surface area contributed by atoms with Gasteiger partial charge in [0.25, 0.3) is 0 Å². The molecular weight excluding hydrogens is 458 g/mol. The monoisotopic (exact) mass is 489 g/mol. The molecular formula is C26H31N7O3. The molecule has 0 bridgehead atoms. The number of nitrogens with zero attached hydrogens (tertiary/aromatic N) is 4. The minimum Gasteiger partial charge on any atom is -0.356 e. The molecule has 2 aliphatic rings. The van der Waals surface area contributed by atoms with Gasteiger partial charge in [-0.1, -0.05) is 24.3 Å². The number of primary amides is 1. The number of urea groups is 1. The van der Waals surface area contributed by atoms with Gasteiger partial charge in [-0.05, 0) is 43.4 Å². The van der Waals surface area contributed by atoms with Crippen LogP contribution in [-0.2, 0) is 4.79 Å². The number of para-hydroxylation sites is 1. The molecule has 0 aliphatic carbocycles. The number of likely N-dealkylation sites (tertiary alicyclic amines) is 1. The minimum atomic E-state index is -0.643. The fourth-order valence-corrected chi connectivity index (χ4v) is 5.45. The number of aromatic nitrogens is 2. The SMILES string of the molecule is NC(=O)n1cc(NC(=O)N2C[C@@H](N)C[C@H]2C(=O)CC2CCCN(c3ccccn3)C2)c2ccccc21. The van der Waals surface area contributed by atoms with E-state index in [1.54, 1.807) is 24.4 Å². The molecule has 2 aliphatic heterocycles. The van der Waals surface area contributed by atoms with E-state index in [1.165, 1.54) is 15.7 Å². The number of nitrogens with one attached hydrogen (secondary N) is 1. The number of fused-ring (bicyclic) bond motifs is 1. The zero-order valence-electron chi connectivity index (χ0n) is 20.0. The lowest BCUT2D eigenvalue weighted by Gasteiger charge is -2.34. The van der Waals surface area contributed by atoms with Gasteiger partial charge in [0.2, 0.25) is 0 Å². The lowest BCUT2D eigenvalue weighted by molar-refractivity contribution is -0.123. The highest BCUT2D eigenvalue weighted by atomic mass is 16.2. The van der Waals surface area contributed by atoms with Crippen LogP contribution in [-0.4, -0.2) is 64.0 Å². The van der Waals surface area contributed by atoms with Crippen molar-refractivity contribution >= 4 is 40.3 Å². The third kappa shape index (κ3) is 4.76. The van der Waals surface area contributed by atoms with Gasteiger partial charge in [-0.2, -0.15) is 0 Å². The first-order valence-corrected chi connectivity index (χ1v) is 12.3. The van der Waals surface area contributed by atoms with Gasteiger partial charge in [-0.15, -0.1) is 0 Å². The summed E-state index contributed by atoms with van der Waals surface area (Å²) in [4.78, 5) is 46.7. The first-order chi connectivity index (χ1) is 17.4. The first kappa shape index (κ1) is 23.8. The Balaban J connectivity index is 1.28. The van der Waals surface area contributed by atoms with Crippen LogP contribution in [0.5, 0.6) is 0 Å². The second-order valence-electron chi connectivity index (χ2n) is 9.67. The Kier molecular flexibility index (Phi) is 6.60. The number of anilines is 2. The minimum absolute atomic E-state index is 0.0329. The standard InChI is InChI=1S/C26H31N7O3/c27-18-13-22(23(34)12-17-6-5-11-31(14-17)24-9-3-4-10-29-24)33(15-18)26(36)30-20-16-32(25(28)35)21-8-2-1-7-19(20)21/h1-4,7-10,16-18,22H,5-6,11-15,27H2,(H2,28,35)(H,30,36)/t17?,18-,22-/m0/s1. The van der Waals surface area contributed by atoms with E-state index in [2.05, 4.69) is 15.2 Å². The van der Waals surface area contributed by atoms with Crippen LogP contribution in [0.15, 0.2) is 54.9 Å². The number of amides is 3. The smallest absolute Gasteiger partial charge is 0.323 e. The molecule has 3 amide bonds. The Labute approximate surface area is 209 Å². The molecule has 188 valence electrons. The third-order valence-electron chi connectivity index (χ3n) is 7.14. The number of carbonyl (C=O) groups excluding carboxylic acids is 3. The quantitative estimate of drug-likeness (QED) is 0.504. The number of ketones is 1. The van der Waals surface area contributed by atoms with Crippen molar-refractivity contribution in [2.24, 2.45) is 17.4 Å². The van der Waals surface area contributed by atoms with Gasteiger partial charge in [-0.3, -0.25) is 9.36 Å². The van der Waals surface area contributed by atoms with Gasteiger partial charge in [0.15, 0.2) is 5.78 Å². The van der Waals surface area contributed by atoms with Crippen molar-refractivity contribution in [2.45, 2.75) is 37.8 Å². The molecule has 5 N–H and O–H groups in total. The maximum atomic E-state index is 13.4. The van der Waals surface area contributed by atoms with Crippen molar-refractivity contribution in [3.05, 3.63) is 54.9 Å². The summed E-state index contributed by atoms with van der Waals surface area (Å²) in [5.41, 5.74) is 12.7. The molecule has 10 heteroatoms. The van der Waals surface area contributed by atoms with Crippen LogP contribution < -0.4 is 21.7 Å². The van der Waals surface area contributed by atoms with E-state index in [9.17, 15) is 14.4 Å². The molecule has 1 aromatic carbocycles. The molecule has 0 radical (unpaired) electrons. The number of hydrogen-bond acceptors (Lipinski definition) is 6. The van der Waals surface area contributed by atoms with Crippen LogP contribution in [0.3, 0.4) is 0 Å². The predicted molar refractivity (Wildman–Crippen MR) is 138 cm³/mol. The highest BCUT2D eigenvalue weighted by Crippen LogP contribution is 2.29. The summed E-state index contributed by atoms with van der Waals surface area (Å²) in [5, 5.41) is 3.56. The van der Waals surface area contributed by atoms with Crippen molar-refractivity contribution in [2.75, 3.05) is 29.9 Å². The first-order valence-electron chi connectivity index (χ1n) is 12.3. The van der Waals surface area contributed by atoms with Crippen LogP contribution >= 0.6 is 0 Å². The maximum absolute atomic E-state index is 13.4. The van der Waals surface area contributed by atoms with Crippen LogP contribution in [0.25, 0.3) is 10.9 Å². The van der Waals surface area contributed by atoms with Crippen LogP contribution in [0.1, 0.15) is 25.7 Å². The van der Waals surface area contributed by atoms with E-state index in [0.29, 0.717) is 36.0 Å². The van der Waals surface area contributed by atoms with Crippen LogP contribution in [0, 0.1) is 5.92 Å². The van der Waals surface area contributed by atoms with Gasteiger partial charge >= 0.3 is 12.1 Å². The van der Waals surface area contributed by atoms with Gasteiger partial charge < -0.3 is 26.6 Å². The van der Waals surface area contributed by atoms with E-state index < -0.39 is 18.1 Å². The Hall–Kier alpha value is -3.92. The van der Waals surface area contributed by atoms with Gasteiger partial charge in [0.05, 0.1) is 17.2 Å². The Morgan fingerprint density at radius 2 is 1.89 bits per heavy atom. The lowest BCUT2D eigenvalue weighted by Crippen LogP contribution is -2.44. The van der Waals surface area contributed by atoms with E-state index in [-0.39, 0.29) is 17.7 Å². The van der Waals surface area contributed by atoms with E-state index >= 15 is 0 Å². The maximum Gasteiger partial charge on any atom is 0.323 e. The number of Topliss-reactive ketones (excluding diaryl/α,β-unsaturated/α-hetero) is 1. The van der Waals surface area contributed by atoms with E-state index in [4.69, 9.17) is 11.5 Å². The number of piperidine rings is 1. The third-order valence-corrected chi connectivity index (χ3v) is 7.14. The Morgan fingerprint density at radius 3 is 2.67 bits per heavy atom. The molecule has 3 aromatic rings. The zero-order chi connectivity index (χ0) is 25.2. The molecule has 1 unspecified atom stereocenters. The second-order valence-corrected chi connectivity index (χ2v) is 9.67. The van der Waals surface area contributed by atoms with Crippen molar-refractivity contribution < 1.29 is 14.4 Å². The Morgan fingerprint density at radius 1 is 1.08 bits per heavy atom.